The summed E-state index contributed by atoms with van der Waals surface area (Å²) in [6.45, 7) is 4.75. The molecule has 13 rings (SSSR count). The van der Waals surface area contributed by atoms with Gasteiger partial charge in [-0.2, -0.15) is 0 Å². The molecule has 0 N–H and O–H groups in total. The lowest BCUT2D eigenvalue weighted by Crippen LogP contribution is -2.24. The fraction of sp³-hybridized carbons (Fsp3) is 0.111. The molecule has 0 fully saturated rings. The number of hydrogen-bond acceptors (Lipinski definition) is 3. The number of fused-ring (bicyclic) bond motifs is 11. The summed E-state index contributed by atoms with van der Waals surface area (Å²) < 4.78 is 2.46. The van der Waals surface area contributed by atoms with Gasteiger partial charge in [-0.1, -0.05) is 189 Å². The number of benzene rings is 9. The van der Waals surface area contributed by atoms with Gasteiger partial charge in [0.25, 0.3) is 0 Å². The third-order valence-electron chi connectivity index (χ3n) is 15.0. The van der Waals surface area contributed by atoms with E-state index in [1.165, 1.54) is 110 Å². The van der Waals surface area contributed by atoms with Crippen molar-refractivity contribution >= 4 is 77.1 Å². The van der Waals surface area contributed by atoms with Crippen molar-refractivity contribution in [3.05, 3.63) is 221 Å². The van der Waals surface area contributed by atoms with Gasteiger partial charge < -0.3 is 4.57 Å². The number of hydrogen-bond donors (Lipinski definition) is 0. The molecule has 2 aliphatic rings. The Morgan fingerprint density at radius 3 is 1.76 bits per heavy atom. The predicted molar refractivity (Wildman–Crippen MR) is 285 cm³/mol. The van der Waals surface area contributed by atoms with Crippen LogP contribution in [0.5, 0.6) is 0 Å². The van der Waals surface area contributed by atoms with Gasteiger partial charge >= 0.3 is 0 Å². The van der Waals surface area contributed by atoms with Gasteiger partial charge in [-0.3, -0.25) is 0 Å². The highest BCUT2D eigenvalue weighted by Gasteiger charge is 2.42. The molecule has 0 spiro atoms. The van der Waals surface area contributed by atoms with Crippen LogP contribution in [0.4, 0.5) is 0 Å². The Hall–Kier alpha value is -7.66. The zero-order valence-corrected chi connectivity index (χ0v) is 38.4. The Balaban J connectivity index is 0.915. The number of allylic oxidation sites excluding steroid dienone is 5. The van der Waals surface area contributed by atoms with Crippen LogP contribution < -0.4 is 0 Å². The van der Waals surface area contributed by atoms with Crippen LogP contribution >= 0.6 is 11.3 Å². The topological polar surface area (TPSA) is 30.7 Å². The minimum atomic E-state index is -0.0509. The molecule has 0 radical (unpaired) electrons. The van der Waals surface area contributed by atoms with Crippen LogP contribution in [0, 0.1) is 0 Å². The Kier molecular flexibility index (Phi) is 9.33. The summed E-state index contributed by atoms with van der Waals surface area (Å²) in [7, 11) is 0. The molecule has 67 heavy (non-hydrogen) atoms. The van der Waals surface area contributed by atoms with Crippen LogP contribution in [0.1, 0.15) is 55.7 Å². The molecule has 320 valence electrons. The van der Waals surface area contributed by atoms with E-state index in [9.17, 15) is 0 Å². The van der Waals surface area contributed by atoms with Gasteiger partial charge in [0.1, 0.15) is 10.0 Å². The second-order valence-corrected chi connectivity index (χ2v) is 19.2. The number of para-hydroxylation sites is 2. The first-order valence-electron chi connectivity index (χ1n) is 23.7. The van der Waals surface area contributed by atoms with E-state index in [2.05, 4.69) is 219 Å². The largest absolute Gasteiger partial charge is 0.309 e. The van der Waals surface area contributed by atoms with E-state index in [-0.39, 0.29) is 5.41 Å². The summed E-state index contributed by atoms with van der Waals surface area (Å²) in [5.41, 5.74) is 16.8. The Bertz CT molecular complexity index is 3830. The quantitative estimate of drug-likeness (QED) is 0.142. The standard InChI is InChI=1S/C63H47N3S/c1-3-63(4-2)54-37-40(31-34-46(54)47-35-33-43(38-55(47)63)66-56-29-17-15-25-48(56)49-26-16-18-30-57(49)66)32-36-58-64-65-62(67-58)53-39-52(41-19-7-5-8-20-41)60-50-27-13-11-23-44(50)45-24-12-14-28-51(45)61(60)59(53)42-21-9-6-10-22-42/h5-30,32-33,35-39H,3-4,31,34H2,1-2H3/b36-32+. The fourth-order valence-corrected chi connectivity index (χ4v) is 12.7. The van der Waals surface area contributed by atoms with Crippen molar-refractivity contribution in [3.8, 4) is 38.5 Å². The molecule has 0 saturated heterocycles. The van der Waals surface area contributed by atoms with Gasteiger partial charge in [-0.05, 0) is 139 Å². The SMILES string of the molecule is CCC1(CC)C2=C(CCC(/C=C/c3nnc(-c4cc(-c5ccccc5)c5c6ccccc6c6ccccc6c5c4-c4ccccc4)s3)=C2)c2ccc(-n3c4ccccc4c4ccccc43)cc21. The molecule has 2 aromatic heterocycles. The van der Waals surface area contributed by atoms with Crippen molar-refractivity contribution in [2.45, 2.75) is 44.9 Å². The van der Waals surface area contributed by atoms with Crippen LogP contribution in [0.3, 0.4) is 0 Å². The van der Waals surface area contributed by atoms with E-state index < -0.39 is 0 Å². The van der Waals surface area contributed by atoms with E-state index in [1.807, 2.05) is 0 Å². The van der Waals surface area contributed by atoms with Gasteiger partial charge in [0, 0.05) is 33.0 Å². The van der Waals surface area contributed by atoms with Gasteiger partial charge in [-0.25, -0.2) is 0 Å². The number of aromatic nitrogens is 3. The lowest BCUT2D eigenvalue weighted by atomic mass is 9.71. The normalized spacial score (nSPS) is 14.5. The Morgan fingerprint density at radius 2 is 1.10 bits per heavy atom. The summed E-state index contributed by atoms with van der Waals surface area (Å²) in [5, 5.41) is 21.8. The smallest absolute Gasteiger partial charge is 0.148 e. The molecule has 2 heterocycles. The van der Waals surface area contributed by atoms with Gasteiger partial charge in [0.15, 0.2) is 0 Å². The van der Waals surface area contributed by atoms with Crippen LogP contribution in [-0.4, -0.2) is 14.8 Å². The zero-order chi connectivity index (χ0) is 44.6. The molecule has 0 unspecified atom stereocenters. The minimum absolute atomic E-state index is 0.0509. The first kappa shape index (κ1) is 39.7. The summed E-state index contributed by atoms with van der Waals surface area (Å²) >= 11 is 1.67. The van der Waals surface area contributed by atoms with Crippen molar-refractivity contribution in [1.29, 1.82) is 0 Å². The maximum Gasteiger partial charge on any atom is 0.148 e. The van der Waals surface area contributed by atoms with E-state index in [0.29, 0.717) is 0 Å². The lowest BCUT2D eigenvalue weighted by molar-refractivity contribution is 0.484. The minimum Gasteiger partial charge on any atom is -0.309 e. The van der Waals surface area contributed by atoms with Crippen molar-refractivity contribution in [3.63, 3.8) is 0 Å². The van der Waals surface area contributed by atoms with Crippen LogP contribution in [0.15, 0.2) is 205 Å². The molecule has 11 aromatic rings. The highest BCUT2D eigenvalue weighted by Crippen LogP contribution is 2.56. The molecular weight excluding hydrogens is 831 g/mol. The first-order valence-corrected chi connectivity index (χ1v) is 24.6. The zero-order valence-electron chi connectivity index (χ0n) is 37.6. The van der Waals surface area contributed by atoms with Gasteiger partial charge in [0.05, 0.1) is 11.0 Å². The maximum atomic E-state index is 5.00. The average molecular weight is 878 g/mol. The fourth-order valence-electron chi connectivity index (χ4n) is 11.9. The molecular formula is C63H47N3S. The van der Waals surface area contributed by atoms with Crippen LogP contribution in [0.25, 0.3) is 104 Å². The Labute approximate surface area is 394 Å². The second kappa shape index (κ2) is 15.8. The van der Waals surface area contributed by atoms with Crippen LogP contribution in [-0.2, 0) is 5.41 Å². The molecule has 2 aliphatic carbocycles. The molecule has 4 heteroatoms. The maximum absolute atomic E-state index is 5.00. The second-order valence-electron chi connectivity index (χ2n) is 18.2. The molecule has 9 aromatic carbocycles. The highest BCUT2D eigenvalue weighted by molar-refractivity contribution is 7.15. The third kappa shape index (κ3) is 6.09. The molecule has 0 bridgehead atoms. The van der Waals surface area contributed by atoms with Gasteiger partial charge in [-0.15, -0.1) is 10.2 Å². The van der Waals surface area contributed by atoms with E-state index >= 15 is 0 Å². The molecule has 3 nitrogen and oxygen atoms in total. The molecule has 0 atom stereocenters. The number of rotatable bonds is 8. The molecule has 0 saturated carbocycles. The van der Waals surface area contributed by atoms with Gasteiger partial charge in [0.2, 0.25) is 0 Å². The predicted octanol–water partition coefficient (Wildman–Crippen LogP) is 17.4. The lowest BCUT2D eigenvalue weighted by Gasteiger charge is -2.32. The number of nitrogens with zero attached hydrogens (tertiary/aromatic N) is 3. The molecule has 0 amide bonds. The monoisotopic (exact) mass is 877 g/mol. The van der Waals surface area contributed by atoms with Crippen molar-refractivity contribution in [1.82, 2.24) is 14.8 Å². The van der Waals surface area contributed by atoms with E-state index in [0.717, 1.165) is 41.3 Å². The first-order chi connectivity index (χ1) is 33.1. The van der Waals surface area contributed by atoms with E-state index in [1.54, 1.807) is 11.3 Å². The van der Waals surface area contributed by atoms with Crippen LogP contribution in [0.2, 0.25) is 0 Å². The summed E-state index contributed by atoms with van der Waals surface area (Å²) in [4.78, 5) is 0. The van der Waals surface area contributed by atoms with Crippen molar-refractivity contribution in [2.24, 2.45) is 0 Å². The third-order valence-corrected chi connectivity index (χ3v) is 15.9. The summed E-state index contributed by atoms with van der Waals surface area (Å²) in [6.07, 6.45) is 11.1. The average Bonchev–Trinajstić information content (AvgIpc) is 4.09. The van der Waals surface area contributed by atoms with Crippen molar-refractivity contribution in [2.75, 3.05) is 0 Å². The summed E-state index contributed by atoms with van der Waals surface area (Å²) in [6, 6.07) is 66.8. The van der Waals surface area contributed by atoms with E-state index in [4.69, 9.17) is 10.2 Å². The highest BCUT2D eigenvalue weighted by atomic mass is 32.1. The summed E-state index contributed by atoms with van der Waals surface area (Å²) in [5.74, 6) is 0. The molecule has 0 aliphatic heterocycles. The van der Waals surface area contributed by atoms with Crippen molar-refractivity contribution < 1.29 is 0 Å². The Morgan fingerprint density at radius 1 is 0.522 bits per heavy atom.